The summed E-state index contributed by atoms with van der Waals surface area (Å²) in [5.74, 6) is -0.584. The van der Waals surface area contributed by atoms with Crippen LogP contribution < -0.4 is 9.46 Å². The molecule has 48 heavy (non-hydrogen) atoms. The molecular weight excluding hydrogens is 619 g/mol. The fourth-order valence-electron chi connectivity index (χ4n) is 6.91. The predicted octanol–water partition coefficient (Wildman–Crippen LogP) is 8.20. The van der Waals surface area contributed by atoms with Crippen LogP contribution in [-0.4, -0.2) is 21.5 Å². The Kier molecular flexibility index (Phi) is 8.46. The third-order valence-corrected chi connectivity index (χ3v) is 10.6. The minimum absolute atomic E-state index is 0.157. The molecule has 7 heteroatoms. The average molecular weight is 654 g/mol. The molecule has 0 amide bonds. The van der Waals surface area contributed by atoms with Crippen molar-refractivity contribution in [2.45, 2.75) is 29.6 Å². The van der Waals surface area contributed by atoms with Crippen LogP contribution >= 0.6 is 0 Å². The van der Waals surface area contributed by atoms with Crippen LogP contribution in [0.3, 0.4) is 0 Å². The summed E-state index contributed by atoms with van der Waals surface area (Å²) in [5, 5.41) is 0. The number of cyclic esters (lactones) is 1. The number of allylic oxidation sites excluding steroid dienone is 2. The average Bonchev–Trinajstić information content (AvgIpc) is 3.45. The van der Waals surface area contributed by atoms with Crippen molar-refractivity contribution in [2.24, 2.45) is 5.92 Å². The molecule has 0 unspecified atom stereocenters. The van der Waals surface area contributed by atoms with E-state index in [4.69, 9.17) is 9.47 Å². The van der Waals surface area contributed by atoms with E-state index in [1.165, 1.54) is 0 Å². The quantitative estimate of drug-likeness (QED) is 0.162. The zero-order valence-corrected chi connectivity index (χ0v) is 27.4. The molecule has 1 aliphatic heterocycles. The summed E-state index contributed by atoms with van der Waals surface area (Å²) in [4.78, 5) is 14.3. The van der Waals surface area contributed by atoms with E-state index in [-0.39, 0.29) is 22.7 Å². The number of rotatable bonds is 9. The van der Waals surface area contributed by atoms with Gasteiger partial charge in [-0.15, -0.1) is 0 Å². The van der Waals surface area contributed by atoms with Crippen molar-refractivity contribution in [1.29, 1.82) is 0 Å². The molecule has 0 fully saturated rings. The Morgan fingerprint density at radius 2 is 1.42 bits per heavy atom. The van der Waals surface area contributed by atoms with E-state index in [0.29, 0.717) is 22.8 Å². The maximum atomic E-state index is 14.1. The second-order valence-corrected chi connectivity index (χ2v) is 13.9. The van der Waals surface area contributed by atoms with Crippen LogP contribution in [0.4, 0.5) is 0 Å². The first-order chi connectivity index (χ1) is 23.3. The standard InChI is InChI=1S/C41H35NO5S/c1-27-17-23-32(24-18-27)48(44,45)42-37(29-19-21-31(46-2)22-20-29)25-35(28-11-5-3-6-12-28)39-34-16-10-9-15-33(34)36-26-38(47-41(43)40(36)39)30-13-7-4-8-14-30/h3-26,35-36,39-40,42H,1-2H3/b37-25-/t35-,36-,39+,40-/m0/s1. The molecule has 6 nitrogen and oxygen atoms in total. The number of hydrogen-bond acceptors (Lipinski definition) is 5. The summed E-state index contributed by atoms with van der Waals surface area (Å²) in [7, 11) is -2.39. The van der Waals surface area contributed by atoms with Crippen LogP contribution in [-0.2, 0) is 19.6 Å². The molecule has 0 saturated carbocycles. The molecule has 7 rings (SSSR count). The number of nitrogens with one attached hydrogen (secondary N) is 1. The van der Waals surface area contributed by atoms with E-state index in [9.17, 15) is 13.2 Å². The Bertz CT molecular complexity index is 2110. The Labute approximate surface area is 281 Å². The lowest BCUT2D eigenvalue weighted by Crippen LogP contribution is -2.30. The highest BCUT2D eigenvalue weighted by Crippen LogP contribution is 2.56. The largest absolute Gasteiger partial charge is 0.497 e. The van der Waals surface area contributed by atoms with Gasteiger partial charge in [-0.2, -0.15) is 0 Å². The highest BCUT2D eigenvalue weighted by Gasteiger charge is 2.50. The van der Waals surface area contributed by atoms with Crippen LogP contribution in [0, 0.1) is 12.8 Å². The summed E-state index contributed by atoms with van der Waals surface area (Å²) in [6.07, 6.45) is 4.02. The first kappa shape index (κ1) is 31.2. The number of carbonyl (C=O) groups is 1. The summed E-state index contributed by atoms with van der Waals surface area (Å²) in [6, 6.07) is 41.8. The fraction of sp³-hybridized carbons (Fsp3) is 0.146. The molecule has 240 valence electrons. The lowest BCUT2D eigenvalue weighted by molar-refractivity contribution is -0.143. The van der Waals surface area contributed by atoms with Crippen LogP contribution in [0.15, 0.2) is 151 Å². The van der Waals surface area contributed by atoms with Crippen molar-refractivity contribution in [3.63, 3.8) is 0 Å². The zero-order valence-electron chi connectivity index (χ0n) is 26.6. The van der Waals surface area contributed by atoms with Crippen molar-refractivity contribution in [3.05, 3.63) is 179 Å². The molecule has 0 saturated heterocycles. The third-order valence-electron chi connectivity index (χ3n) is 9.25. The zero-order chi connectivity index (χ0) is 33.3. The van der Waals surface area contributed by atoms with Gasteiger partial charge in [-0.3, -0.25) is 9.52 Å². The number of methoxy groups -OCH3 is 1. The second-order valence-electron chi connectivity index (χ2n) is 12.2. The molecule has 1 N–H and O–H groups in total. The van der Waals surface area contributed by atoms with Crippen molar-refractivity contribution in [1.82, 2.24) is 4.72 Å². The monoisotopic (exact) mass is 653 g/mol. The minimum atomic E-state index is -3.97. The Morgan fingerprint density at radius 1 is 0.792 bits per heavy atom. The van der Waals surface area contributed by atoms with E-state index >= 15 is 0 Å². The van der Waals surface area contributed by atoms with E-state index in [0.717, 1.165) is 27.8 Å². The topological polar surface area (TPSA) is 81.7 Å². The molecule has 0 radical (unpaired) electrons. The highest BCUT2D eigenvalue weighted by atomic mass is 32.2. The maximum absolute atomic E-state index is 14.1. The molecule has 5 aromatic rings. The molecule has 0 aromatic heterocycles. The van der Waals surface area contributed by atoms with Gasteiger partial charge in [0.25, 0.3) is 10.0 Å². The predicted molar refractivity (Wildman–Crippen MR) is 188 cm³/mol. The number of fused-ring (bicyclic) bond motifs is 3. The molecule has 0 bridgehead atoms. The molecule has 2 aliphatic rings. The SMILES string of the molecule is COc1ccc(/C(=C/[C@@H](c2ccccc2)[C@H]2c3ccccc3[C@@H]3C=C(c4ccccc4)OC(=O)[C@H]23)NS(=O)(=O)c2ccc(C)cc2)cc1. The van der Waals surface area contributed by atoms with Gasteiger partial charge in [0.2, 0.25) is 0 Å². The summed E-state index contributed by atoms with van der Waals surface area (Å²) < 4.78 is 42.1. The van der Waals surface area contributed by atoms with Gasteiger partial charge in [-0.1, -0.05) is 109 Å². The van der Waals surface area contributed by atoms with Gasteiger partial charge in [-0.25, -0.2) is 8.42 Å². The number of ether oxygens (including phenoxy) is 2. The first-order valence-corrected chi connectivity index (χ1v) is 17.4. The van der Waals surface area contributed by atoms with Gasteiger partial charge in [-0.05, 0) is 71.7 Å². The molecule has 1 heterocycles. The fourth-order valence-corrected chi connectivity index (χ4v) is 7.99. The van der Waals surface area contributed by atoms with Gasteiger partial charge in [0.1, 0.15) is 11.5 Å². The van der Waals surface area contributed by atoms with Gasteiger partial charge in [0.05, 0.1) is 23.6 Å². The minimum Gasteiger partial charge on any atom is -0.497 e. The van der Waals surface area contributed by atoms with E-state index in [1.807, 2.05) is 97.9 Å². The lowest BCUT2D eigenvalue weighted by Gasteiger charge is -2.32. The van der Waals surface area contributed by atoms with Gasteiger partial charge in [0.15, 0.2) is 0 Å². The van der Waals surface area contributed by atoms with Crippen molar-refractivity contribution in [3.8, 4) is 5.75 Å². The number of benzene rings is 5. The number of aryl methyl sites for hydroxylation is 1. The van der Waals surface area contributed by atoms with E-state index in [2.05, 4.69) is 22.9 Å². The van der Waals surface area contributed by atoms with Crippen LogP contribution in [0.2, 0.25) is 0 Å². The molecular formula is C41H35NO5S. The summed E-state index contributed by atoms with van der Waals surface area (Å²) >= 11 is 0. The number of carbonyl (C=O) groups excluding carboxylic acids is 1. The second kappa shape index (κ2) is 13.0. The maximum Gasteiger partial charge on any atom is 0.315 e. The lowest BCUT2D eigenvalue weighted by atomic mass is 9.74. The van der Waals surface area contributed by atoms with E-state index < -0.39 is 21.9 Å². The Balaban J connectivity index is 1.39. The first-order valence-electron chi connectivity index (χ1n) is 15.9. The highest BCUT2D eigenvalue weighted by molar-refractivity contribution is 7.89. The van der Waals surface area contributed by atoms with Gasteiger partial charge >= 0.3 is 5.97 Å². The number of sulfonamides is 1. The van der Waals surface area contributed by atoms with Crippen LogP contribution in [0.5, 0.6) is 5.75 Å². The molecule has 0 spiro atoms. The molecule has 5 aromatic carbocycles. The van der Waals surface area contributed by atoms with Crippen molar-refractivity contribution in [2.75, 3.05) is 7.11 Å². The summed E-state index contributed by atoms with van der Waals surface area (Å²) in [5.41, 5.74) is 5.92. The normalized spacial score (nSPS) is 19.4. The van der Waals surface area contributed by atoms with Crippen LogP contribution in [0.25, 0.3) is 11.5 Å². The smallest absolute Gasteiger partial charge is 0.315 e. The Hall–Kier alpha value is -5.40. The van der Waals surface area contributed by atoms with Gasteiger partial charge in [0, 0.05) is 23.3 Å². The number of hydrogen-bond donors (Lipinski definition) is 1. The number of esters is 1. The van der Waals surface area contributed by atoms with Crippen LogP contribution in [0.1, 0.15) is 51.1 Å². The Morgan fingerprint density at radius 3 is 2.08 bits per heavy atom. The van der Waals surface area contributed by atoms with Gasteiger partial charge < -0.3 is 9.47 Å². The molecule has 4 atom stereocenters. The third kappa shape index (κ3) is 6.05. The van der Waals surface area contributed by atoms with E-state index in [1.54, 1.807) is 43.5 Å². The molecule has 1 aliphatic carbocycles. The van der Waals surface area contributed by atoms with Crippen molar-refractivity contribution >= 4 is 27.4 Å². The van der Waals surface area contributed by atoms with Crippen molar-refractivity contribution < 1.29 is 22.7 Å². The summed E-state index contributed by atoms with van der Waals surface area (Å²) in [6.45, 7) is 1.91.